The molecular weight excluding hydrogens is 621 g/mol. The quantitative estimate of drug-likeness (QED) is 0.382. The van der Waals surface area contributed by atoms with E-state index in [0.29, 0.717) is 25.3 Å². The zero-order chi connectivity index (χ0) is 27.1. The molecule has 0 spiro atoms. The van der Waals surface area contributed by atoms with Gasteiger partial charge in [0.1, 0.15) is 15.7 Å². The summed E-state index contributed by atoms with van der Waals surface area (Å²) in [6.45, 7) is 5.48. The van der Waals surface area contributed by atoms with Gasteiger partial charge in [-0.1, -0.05) is 12.8 Å². The lowest BCUT2D eigenvalue weighted by molar-refractivity contribution is -0.125. The molecule has 14 heteroatoms. The second-order valence-electron chi connectivity index (χ2n) is 11.8. The zero-order valence-electron chi connectivity index (χ0n) is 24.5. The molecule has 0 bridgehead atoms. The number of anilines is 2. The average molecular weight is 671 g/mol. The number of nitrogens with one attached hydrogen (secondary N) is 3. The van der Waals surface area contributed by atoms with E-state index in [-0.39, 0.29) is 78.7 Å². The number of halogens is 3. The van der Waals surface area contributed by atoms with Crippen molar-refractivity contribution in [3.05, 3.63) is 12.3 Å². The van der Waals surface area contributed by atoms with E-state index < -0.39 is 9.84 Å². The molecule has 0 aromatic carbocycles. The number of carbonyl (C=O) groups excluding carboxylic acids is 1. The van der Waals surface area contributed by atoms with Crippen LogP contribution in [0.1, 0.15) is 70.6 Å². The second kappa shape index (κ2) is 18.0. The van der Waals surface area contributed by atoms with E-state index in [1.54, 1.807) is 0 Å². The maximum Gasteiger partial charge on any atom is 0.224 e. The lowest BCUT2D eigenvalue weighted by Gasteiger charge is -2.46. The third-order valence-corrected chi connectivity index (χ3v) is 10.9. The standard InChI is InChI=1S/C28H47N7O3S.3ClH/c36-27(22-7-13-29-14-8-22)30-15-9-25-24(6-5-19-35(25)23-11-20-39(37,38)21-12-23)32-28-31-16-10-26(33-28)34-17-3-1-2-4-18-34;;;/h10,16,22-25,29H,1-9,11-15,17-21H2,(H,30,36)(H,31,32,33);3*1H. The summed E-state index contributed by atoms with van der Waals surface area (Å²) < 4.78 is 24.3. The number of piperidine rings is 2. The lowest BCUT2D eigenvalue weighted by atomic mass is 9.90. The Bertz CT molecular complexity index is 1040. The van der Waals surface area contributed by atoms with Gasteiger partial charge in [0.15, 0.2) is 0 Å². The number of nitrogens with zero attached hydrogens (tertiary/aromatic N) is 4. The normalized spacial score (nSPS) is 25.6. The maximum absolute atomic E-state index is 12.8. The predicted octanol–water partition coefficient (Wildman–Crippen LogP) is 3.45. The van der Waals surface area contributed by atoms with Gasteiger partial charge in [0.2, 0.25) is 11.9 Å². The Morgan fingerprint density at radius 1 is 0.929 bits per heavy atom. The fourth-order valence-electron chi connectivity index (χ4n) is 6.91. The first-order valence-corrected chi connectivity index (χ1v) is 17.1. The summed E-state index contributed by atoms with van der Waals surface area (Å²) >= 11 is 0. The van der Waals surface area contributed by atoms with Crippen molar-refractivity contribution in [2.45, 2.75) is 88.8 Å². The Morgan fingerprint density at radius 2 is 1.62 bits per heavy atom. The fraction of sp³-hybridized carbons (Fsp3) is 0.821. The smallest absolute Gasteiger partial charge is 0.224 e. The number of hydrogen-bond donors (Lipinski definition) is 3. The summed E-state index contributed by atoms with van der Waals surface area (Å²) in [7, 11) is -2.92. The average Bonchev–Trinajstić information content (AvgIpc) is 3.24. The van der Waals surface area contributed by atoms with E-state index in [9.17, 15) is 13.2 Å². The molecule has 4 saturated heterocycles. The third-order valence-electron chi connectivity index (χ3n) is 9.15. The molecule has 4 aliphatic heterocycles. The summed E-state index contributed by atoms with van der Waals surface area (Å²) in [6.07, 6.45) is 12.9. The number of sulfone groups is 1. The molecule has 242 valence electrons. The van der Waals surface area contributed by atoms with Crippen LogP contribution in [0, 0.1) is 5.92 Å². The molecule has 5 heterocycles. The van der Waals surface area contributed by atoms with Gasteiger partial charge >= 0.3 is 0 Å². The van der Waals surface area contributed by atoms with Gasteiger partial charge in [-0.3, -0.25) is 9.69 Å². The van der Waals surface area contributed by atoms with E-state index in [0.717, 1.165) is 70.6 Å². The first-order chi connectivity index (χ1) is 19.0. The van der Waals surface area contributed by atoms with Crippen molar-refractivity contribution < 1.29 is 13.2 Å². The monoisotopic (exact) mass is 669 g/mol. The summed E-state index contributed by atoms with van der Waals surface area (Å²) in [5, 5.41) is 10.2. The molecule has 3 N–H and O–H groups in total. The molecule has 10 nitrogen and oxygen atoms in total. The predicted molar refractivity (Wildman–Crippen MR) is 176 cm³/mol. The molecule has 2 unspecified atom stereocenters. The van der Waals surface area contributed by atoms with Crippen molar-refractivity contribution in [1.82, 2.24) is 25.5 Å². The summed E-state index contributed by atoms with van der Waals surface area (Å²) in [5.74, 6) is 2.46. The minimum atomic E-state index is -2.92. The van der Waals surface area contributed by atoms with Crippen molar-refractivity contribution in [2.75, 3.05) is 61.0 Å². The van der Waals surface area contributed by atoms with Gasteiger partial charge in [0.25, 0.3) is 0 Å². The van der Waals surface area contributed by atoms with Crippen LogP contribution in [0.4, 0.5) is 11.8 Å². The van der Waals surface area contributed by atoms with Crippen LogP contribution in [0.3, 0.4) is 0 Å². The van der Waals surface area contributed by atoms with Crippen LogP contribution in [0.5, 0.6) is 0 Å². The SMILES string of the molecule is Cl.Cl.Cl.O=C(NCCC1C(Nc2nccc(N3CCCCCC3)n2)CCCN1C1CCS(=O)(=O)CC1)C1CCNCC1. The Morgan fingerprint density at radius 3 is 2.31 bits per heavy atom. The highest BCUT2D eigenvalue weighted by Crippen LogP contribution is 2.30. The molecule has 4 fully saturated rings. The van der Waals surface area contributed by atoms with Crippen molar-refractivity contribution in [2.24, 2.45) is 5.92 Å². The van der Waals surface area contributed by atoms with Crippen LogP contribution in [-0.4, -0.2) is 98.1 Å². The number of carbonyl (C=O) groups is 1. The van der Waals surface area contributed by atoms with Crippen LogP contribution in [0.2, 0.25) is 0 Å². The molecule has 0 saturated carbocycles. The van der Waals surface area contributed by atoms with Crippen LogP contribution in [0.25, 0.3) is 0 Å². The molecular formula is C28H50Cl3N7O3S. The molecule has 0 radical (unpaired) electrons. The van der Waals surface area contributed by atoms with E-state index in [4.69, 9.17) is 4.98 Å². The van der Waals surface area contributed by atoms with Crippen LogP contribution >= 0.6 is 37.2 Å². The van der Waals surface area contributed by atoms with Gasteiger partial charge in [-0.05, 0) is 83.5 Å². The van der Waals surface area contributed by atoms with Gasteiger partial charge in [-0.2, -0.15) is 4.98 Å². The van der Waals surface area contributed by atoms with Gasteiger partial charge < -0.3 is 20.9 Å². The van der Waals surface area contributed by atoms with Crippen molar-refractivity contribution in [1.29, 1.82) is 0 Å². The van der Waals surface area contributed by atoms with Crippen LogP contribution < -0.4 is 20.9 Å². The van der Waals surface area contributed by atoms with E-state index in [1.807, 2.05) is 12.3 Å². The third kappa shape index (κ3) is 10.2. The molecule has 0 aliphatic carbocycles. The number of rotatable bonds is 8. The minimum absolute atomic E-state index is 0. The topological polar surface area (TPSA) is 120 Å². The number of likely N-dealkylation sites (tertiary alicyclic amines) is 1. The van der Waals surface area contributed by atoms with Gasteiger partial charge in [-0.15, -0.1) is 37.2 Å². The Labute approximate surface area is 270 Å². The highest BCUT2D eigenvalue weighted by atomic mass is 35.5. The van der Waals surface area contributed by atoms with Gasteiger partial charge in [0.05, 0.1) is 11.5 Å². The summed E-state index contributed by atoms with van der Waals surface area (Å²) in [6, 6.07) is 2.60. The number of hydrogen-bond acceptors (Lipinski definition) is 9. The highest BCUT2D eigenvalue weighted by molar-refractivity contribution is 7.91. The van der Waals surface area contributed by atoms with E-state index >= 15 is 0 Å². The number of aromatic nitrogens is 2. The lowest BCUT2D eigenvalue weighted by Crippen LogP contribution is -2.57. The molecule has 42 heavy (non-hydrogen) atoms. The molecule has 1 amide bonds. The Hall–Kier alpha value is -1.11. The summed E-state index contributed by atoms with van der Waals surface area (Å²) in [5.41, 5.74) is 0. The molecule has 1 aromatic rings. The van der Waals surface area contributed by atoms with Crippen molar-refractivity contribution >= 4 is 64.7 Å². The van der Waals surface area contributed by atoms with Gasteiger partial charge in [0, 0.05) is 49.9 Å². The molecule has 2 atom stereocenters. The molecule has 1 aromatic heterocycles. The zero-order valence-corrected chi connectivity index (χ0v) is 27.8. The second-order valence-corrected chi connectivity index (χ2v) is 14.1. The minimum Gasteiger partial charge on any atom is -0.356 e. The Balaban J connectivity index is 0.00000205. The van der Waals surface area contributed by atoms with Crippen molar-refractivity contribution in [3.8, 4) is 0 Å². The largest absolute Gasteiger partial charge is 0.356 e. The Kier molecular flexibility index (Phi) is 15.9. The number of amides is 1. The highest BCUT2D eigenvalue weighted by Gasteiger charge is 2.38. The van der Waals surface area contributed by atoms with Crippen molar-refractivity contribution in [3.63, 3.8) is 0 Å². The molecule has 5 rings (SSSR count). The first-order valence-electron chi connectivity index (χ1n) is 15.3. The first kappa shape index (κ1) is 37.1. The van der Waals surface area contributed by atoms with Crippen LogP contribution in [-0.2, 0) is 14.6 Å². The summed E-state index contributed by atoms with van der Waals surface area (Å²) in [4.78, 5) is 27.2. The fourth-order valence-corrected chi connectivity index (χ4v) is 8.38. The van der Waals surface area contributed by atoms with E-state index in [1.165, 1.54) is 25.7 Å². The van der Waals surface area contributed by atoms with Gasteiger partial charge in [-0.25, -0.2) is 13.4 Å². The maximum atomic E-state index is 12.8. The van der Waals surface area contributed by atoms with Crippen LogP contribution in [0.15, 0.2) is 12.3 Å². The van der Waals surface area contributed by atoms with E-state index in [2.05, 4.69) is 30.7 Å². The molecule has 4 aliphatic rings.